The number of carbonyl (C=O) groups excluding carboxylic acids is 1. The molecule has 1 aliphatic heterocycles. The molecule has 0 spiro atoms. The average molecular weight is 460 g/mol. The van der Waals surface area contributed by atoms with Gasteiger partial charge in [-0.1, -0.05) is 0 Å². The Hall–Kier alpha value is -2.72. The molecule has 1 aromatic heterocycles. The SMILES string of the molecule is CN(C)C1CCC(NC(=O)CN2CCN(c3nncc(-c4cc(F)ccc4F)n3)CC2)CC1. The fraction of sp³-hybridized carbons (Fsp3) is 0.565. The third kappa shape index (κ3) is 6.00. The van der Waals surface area contributed by atoms with E-state index < -0.39 is 11.6 Å². The second-order valence-electron chi connectivity index (χ2n) is 9.07. The number of nitrogens with zero attached hydrogens (tertiary/aromatic N) is 6. The highest BCUT2D eigenvalue weighted by molar-refractivity contribution is 5.78. The van der Waals surface area contributed by atoms with Crippen LogP contribution in [-0.2, 0) is 4.79 Å². The number of halogens is 2. The number of piperazine rings is 1. The predicted octanol–water partition coefficient (Wildman–Crippen LogP) is 1.93. The second kappa shape index (κ2) is 10.5. The van der Waals surface area contributed by atoms with Crippen LogP contribution in [0.1, 0.15) is 25.7 Å². The van der Waals surface area contributed by atoms with Crippen molar-refractivity contribution in [3.05, 3.63) is 36.0 Å². The van der Waals surface area contributed by atoms with E-state index in [0.29, 0.717) is 44.7 Å². The zero-order valence-corrected chi connectivity index (χ0v) is 19.2. The van der Waals surface area contributed by atoms with Gasteiger partial charge in [-0.3, -0.25) is 9.69 Å². The van der Waals surface area contributed by atoms with Crippen LogP contribution in [0.3, 0.4) is 0 Å². The second-order valence-corrected chi connectivity index (χ2v) is 9.07. The Bertz CT molecular complexity index is 958. The molecule has 2 heterocycles. The Morgan fingerprint density at radius 2 is 1.85 bits per heavy atom. The van der Waals surface area contributed by atoms with E-state index in [1.807, 2.05) is 4.90 Å². The van der Waals surface area contributed by atoms with Gasteiger partial charge in [0.15, 0.2) is 0 Å². The molecule has 2 aromatic rings. The number of amides is 1. The van der Waals surface area contributed by atoms with Crippen LogP contribution in [0.2, 0.25) is 0 Å². The van der Waals surface area contributed by atoms with Crippen molar-refractivity contribution in [2.75, 3.05) is 51.7 Å². The van der Waals surface area contributed by atoms with Crippen LogP contribution >= 0.6 is 0 Å². The maximum absolute atomic E-state index is 14.1. The van der Waals surface area contributed by atoms with Crippen molar-refractivity contribution < 1.29 is 13.6 Å². The summed E-state index contributed by atoms with van der Waals surface area (Å²) >= 11 is 0. The van der Waals surface area contributed by atoms with E-state index in [1.165, 1.54) is 6.20 Å². The lowest BCUT2D eigenvalue weighted by molar-refractivity contribution is -0.123. The molecule has 10 heteroatoms. The van der Waals surface area contributed by atoms with Gasteiger partial charge in [0.2, 0.25) is 11.9 Å². The van der Waals surface area contributed by atoms with Gasteiger partial charge in [0.1, 0.15) is 11.6 Å². The minimum atomic E-state index is -0.561. The van der Waals surface area contributed by atoms with Crippen molar-refractivity contribution in [1.82, 2.24) is 30.3 Å². The fourth-order valence-corrected chi connectivity index (χ4v) is 4.57. The molecule has 0 unspecified atom stereocenters. The van der Waals surface area contributed by atoms with Crippen LogP contribution in [-0.4, -0.2) is 89.8 Å². The van der Waals surface area contributed by atoms with Gasteiger partial charge >= 0.3 is 0 Å². The Labute approximate surface area is 193 Å². The number of nitrogens with one attached hydrogen (secondary N) is 1. The first kappa shape index (κ1) is 23.4. The molecule has 178 valence electrons. The minimum absolute atomic E-state index is 0.0565. The topological polar surface area (TPSA) is 77.5 Å². The van der Waals surface area contributed by atoms with Crippen LogP contribution in [0.4, 0.5) is 14.7 Å². The van der Waals surface area contributed by atoms with E-state index in [1.54, 1.807) is 0 Å². The smallest absolute Gasteiger partial charge is 0.245 e. The van der Waals surface area contributed by atoms with Gasteiger partial charge < -0.3 is 15.1 Å². The summed E-state index contributed by atoms with van der Waals surface area (Å²) in [5.74, 6) is -0.658. The average Bonchev–Trinajstić information content (AvgIpc) is 2.81. The van der Waals surface area contributed by atoms with E-state index in [4.69, 9.17) is 0 Å². The van der Waals surface area contributed by atoms with Crippen LogP contribution in [0.5, 0.6) is 0 Å². The number of hydrogen-bond acceptors (Lipinski definition) is 7. The number of aromatic nitrogens is 3. The van der Waals surface area contributed by atoms with E-state index in [9.17, 15) is 13.6 Å². The number of rotatable bonds is 6. The number of anilines is 1. The summed E-state index contributed by atoms with van der Waals surface area (Å²) < 4.78 is 27.7. The molecule has 1 saturated carbocycles. The summed E-state index contributed by atoms with van der Waals surface area (Å²) in [5.41, 5.74) is 0.295. The van der Waals surface area contributed by atoms with Crippen molar-refractivity contribution in [2.45, 2.75) is 37.8 Å². The first-order valence-electron chi connectivity index (χ1n) is 11.5. The highest BCUT2D eigenvalue weighted by atomic mass is 19.1. The van der Waals surface area contributed by atoms with Gasteiger partial charge in [-0.15, -0.1) is 5.10 Å². The standard InChI is InChI=1S/C23H31F2N7O/c1-30(2)18-6-4-17(5-7-18)27-22(33)15-31-9-11-32(12-10-31)23-28-21(14-26-29-23)19-13-16(24)3-8-20(19)25/h3,8,13-14,17-18H,4-7,9-12,15H2,1-2H3,(H,27,33). The van der Waals surface area contributed by atoms with Crippen LogP contribution in [0, 0.1) is 11.6 Å². The van der Waals surface area contributed by atoms with E-state index >= 15 is 0 Å². The molecule has 8 nitrogen and oxygen atoms in total. The summed E-state index contributed by atoms with van der Waals surface area (Å²) in [6, 6.07) is 4.12. The lowest BCUT2D eigenvalue weighted by Gasteiger charge is -2.35. The van der Waals surface area contributed by atoms with E-state index in [2.05, 4.69) is 44.4 Å². The van der Waals surface area contributed by atoms with Gasteiger partial charge in [-0.25, -0.2) is 13.8 Å². The highest BCUT2D eigenvalue weighted by Gasteiger charge is 2.25. The molecule has 2 aliphatic rings. The maximum atomic E-state index is 14.1. The molecule has 0 atom stereocenters. The highest BCUT2D eigenvalue weighted by Crippen LogP contribution is 2.23. The zero-order valence-electron chi connectivity index (χ0n) is 19.2. The fourth-order valence-electron chi connectivity index (χ4n) is 4.57. The summed E-state index contributed by atoms with van der Waals surface area (Å²) in [5, 5.41) is 11.2. The van der Waals surface area contributed by atoms with E-state index in [-0.39, 0.29) is 23.2 Å². The lowest BCUT2D eigenvalue weighted by Crippen LogP contribution is -2.51. The lowest BCUT2D eigenvalue weighted by atomic mass is 9.90. The maximum Gasteiger partial charge on any atom is 0.245 e. The molecule has 1 amide bonds. The summed E-state index contributed by atoms with van der Waals surface area (Å²) in [6.45, 7) is 2.98. The van der Waals surface area contributed by atoms with Gasteiger partial charge in [0.05, 0.1) is 18.4 Å². The Morgan fingerprint density at radius 1 is 1.12 bits per heavy atom. The van der Waals surface area contributed by atoms with Crippen LogP contribution in [0.25, 0.3) is 11.3 Å². The molecular formula is C23H31F2N7O. The normalized spacial score (nSPS) is 21.9. The zero-order chi connectivity index (χ0) is 23.4. The monoisotopic (exact) mass is 459 g/mol. The van der Waals surface area contributed by atoms with Gasteiger partial charge in [0.25, 0.3) is 0 Å². The molecule has 1 N–H and O–H groups in total. The number of carbonyl (C=O) groups is 1. The van der Waals surface area contributed by atoms with Gasteiger partial charge in [-0.05, 0) is 58.0 Å². The first-order chi connectivity index (χ1) is 15.9. The Kier molecular flexibility index (Phi) is 7.44. The number of hydrogen-bond donors (Lipinski definition) is 1. The van der Waals surface area contributed by atoms with Crippen molar-refractivity contribution in [3.8, 4) is 11.3 Å². The summed E-state index contributed by atoms with van der Waals surface area (Å²) in [7, 11) is 4.22. The largest absolute Gasteiger partial charge is 0.352 e. The van der Waals surface area contributed by atoms with Crippen molar-refractivity contribution in [2.24, 2.45) is 0 Å². The first-order valence-corrected chi connectivity index (χ1v) is 11.5. The van der Waals surface area contributed by atoms with Gasteiger partial charge in [0, 0.05) is 43.8 Å². The molecule has 0 bridgehead atoms. The summed E-state index contributed by atoms with van der Waals surface area (Å²) in [6.07, 6.45) is 5.60. The third-order valence-corrected chi connectivity index (χ3v) is 6.57. The van der Waals surface area contributed by atoms with E-state index in [0.717, 1.165) is 43.9 Å². The Balaban J connectivity index is 1.27. The van der Waals surface area contributed by atoms with Crippen molar-refractivity contribution >= 4 is 11.9 Å². The molecular weight excluding hydrogens is 428 g/mol. The third-order valence-electron chi connectivity index (χ3n) is 6.57. The van der Waals surface area contributed by atoms with Crippen LogP contribution in [0.15, 0.2) is 24.4 Å². The van der Waals surface area contributed by atoms with Crippen molar-refractivity contribution in [1.29, 1.82) is 0 Å². The molecule has 4 rings (SSSR count). The predicted molar refractivity (Wildman–Crippen MR) is 122 cm³/mol. The minimum Gasteiger partial charge on any atom is -0.352 e. The Morgan fingerprint density at radius 3 is 2.55 bits per heavy atom. The molecule has 1 aliphatic carbocycles. The van der Waals surface area contributed by atoms with Gasteiger partial charge in [-0.2, -0.15) is 5.10 Å². The molecule has 2 fully saturated rings. The van der Waals surface area contributed by atoms with Crippen molar-refractivity contribution in [3.63, 3.8) is 0 Å². The molecule has 1 saturated heterocycles. The molecule has 33 heavy (non-hydrogen) atoms. The molecule has 1 aromatic carbocycles. The molecule has 0 radical (unpaired) electrons. The number of benzene rings is 1. The summed E-state index contributed by atoms with van der Waals surface area (Å²) in [4.78, 5) is 23.3. The van der Waals surface area contributed by atoms with Crippen LogP contribution < -0.4 is 10.2 Å². The quantitative estimate of drug-likeness (QED) is 0.707.